The number of thiazole rings is 1. The molecule has 3 nitrogen and oxygen atoms in total. The van der Waals surface area contributed by atoms with Crippen LogP contribution < -0.4 is 5.73 Å². The van der Waals surface area contributed by atoms with Crippen molar-refractivity contribution in [3.8, 4) is 0 Å². The summed E-state index contributed by atoms with van der Waals surface area (Å²) in [5.74, 6) is 0.681. The molecule has 0 spiro atoms. The lowest BCUT2D eigenvalue weighted by Crippen LogP contribution is -2.28. The van der Waals surface area contributed by atoms with Gasteiger partial charge in [-0.25, -0.2) is 4.98 Å². The standard InChI is InChI=1S/C9H15N3S/c1-9(2,3)8(10)11-4-7-5-13-6-12-7/h5-6H,4H2,1-3H3,(H2,10,11). The van der Waals surface area contributed by atoms with Gasteiger partial charge in [-0.1, -0.05) is 20.8 Å². The van der Waals surface area contributed by atoms with Gasteiger partial charge in [-0.05, 0) is 0 Å². The number of aromatic nitrogens is 1. The highest BCUT2D eigenvalue weighted by Crippen LogP contribution is 2.13. The lowest BCUT2D eigenvalue weighted by atomic mass is 9.95. The number of nitrogens with two attached hydrogens (primary N) is 1. The second kappa shape index (κ2) is 3.87. The van der Waals surface area contributed by atoms with Gasteiger partial charge < -0.3 is 5.73 Å². The molecule has 0 aliphatic heterocycles. The molecule has 1 heterocycles. The van der Waals surface area contributed by atoms with Crippen LogP contribution in [0.5, 0.6) is 0 Å². The highest BCUT2D eigenvalue weighted by molar-refractivity contribution is 7.07. The van der Waals surface area contributed by atoms with Crippen molar-refractivity contribution in [2.75, 3.05) is 0 Å². The van der Waals surface area contributed by atoms with Crippen molar-refractivity contribution in [3.63, 3.8) is 0 Å². The van der Waals surface area contributed by atoms with Crippen LogP contribution in [0.1, 0.15) is 26.5 Å². The zero-order valence-corrected chi connectivity index (χ0v) is 9.06. The van der Waals surface area contributed by atoms with Gasteiger partial charge in [0.2, 0.25) is 0 Å². The number of aliphatic imine (C=N–C) groups is 1. The second-order valence-corrected chi connectivity index (χ2v) is 4.65. The van der Waals surface area contributed by atoms with E-state index < -0.39 is 0 Å². The molecule has 0 fully saturated rings. The molecule has 4 heteroatoms. The molecule has 0 aliphatic rings. The van der Waals surface area contributed by atoms with Gasteiger partial charge in [0.05, 0.1) is 23.6 Å². The van der Waals surface area contributed by atoms with Crippen LogP contribution in [0.15, 0.2) is 15.9 Å². The third-order valence-electron chi connectivity index (χ3n) is 1.66. The maximum Gasteiger partial charge on any atom is 0.0996 e. The van der Waals surface area contributed by atoms with Gasteiger partial charge in [-0.15, -0.1) is 11.3 Å². The molecule has 0 atom stereocenters. The average molecular weight is 197 g/mol. The van der Waals surface area contributed by atoms with Crippen molar-refractivity contribution in [1.29, 1.82) is 0 Å². The molecule has 1 aromatic heterocycles. The lowest BCUT2D eigenvalue weighted by Gasteiger charge is -2.16. The van der Waals surface area contributed by atoms with Gasteiger partial charge >= 0.3 is 0 Å². The predicted molar refractivity (Wildman–Crippen MR) is 56.9 cm³/mol. The molecule has 0 radical (unpaired) electrons. The number of rotatable bonds is 2. The molecule has 0 aromatic carbocycles. The van der Waals surface area contributed by atoms with Gasteiger partial charge in [0, 0.05) is 10.8 Å². The Bertz CT molecular complexity index is 282. The molecule has 0 aliphatic carbocycles. The van der Waals surface area contributed by atoms with Gasteiger partial charge in [-0.2, -0.15) is 0 Å². The fourth-order valence-corrected chi connectivity index (χ4v) is 1.27. The quantitative estimate of drug-likeness (QED) is 0.582. The minimum atomic E-state index is -0.0456. The first kappa shape index (κ1) is 10.2. The first-order valence-corrected chi connectivity index (χ1v) is 5.12. The first-order valence-electron chi connectivity index (χ1n) is 4.17. The Morgan fingerprint density at radius 1 is 1.62 bits per heavy atom. The molecule has 2 N–H and O–H groups in total. The Morgan fingerprint density at radius 2 is 2.31 bits per heavy atom. The predicted octanol–water partition coefficient (Wildman–Crippen LogP) is 2.05. The third kappa shape index (κ3) is 3.14. The van der Waals surface area contributed by atoms with E-state index in [-0.39, 0.29) is 5.41 Å². The van der Waals surface area contributed by atoms with E-state index >= 15 is 0 Å². The fourth-order valence-electron chi connectivity index (χ4n) is 0.719. The van der Waals surface area contributed by atoms with E-state index in [1.54, 1.807) is 16.8 Å². The average Bonchev–Trinajstić information content (AvgIpc) is 2.50. The van der Waals surface area contributed by atoms with E-state index in [9.17, 15) is 0 Å². The largest absolute Gasteiger partial charge is 0.387 e. The van der Waals surface area contributed by atoms with E-state index in [0.29, 0.717) is 12.4 Å². The Morgan fingerprint density at radius 3 is 2.77 bits per heavy atom. The van der Waals surface area contributed by atoms with Gasteiger partial charge in [0.15, 0.2) is 0 Å². The highest BCUT2D eigenvalue weighted by atomic mass is 32.1. The van der Waals surface area contributed by atoms with Gasteiger partial charge in [-0.3, -0.25) is 4.99 Å². The maximum absolute atomic E-state index is 5.79. The van der Waals surface area contributed by atoms with Crippen molar-refractivity contribution in [3.05, 3.63) is 16.6 Å². The number of hydrogen-bond donors (Lipinski definition) is 1. The van der Waals surface area contributed by atoms with E-state index in [1.807, 2.05) is 26.2 Å². The molecular formula is C9H15N3S. The second-order valence-electron chi connectivity index (χ2n) is 3.93. The van der Waals surface area contributed by atoms with E-state index in [1.165, 1.54) is 0 Å². The van der Waals surface area contributed by atoms with Crippen molar-refractivity contribution in [2.24, 2.45) is 16.1 Å². The van der Waals surface area contributed by atoms with Gasteiger partial charge in [0.1, 0.15) is 0 Å². The van der Waals surface area contributed by atoms with Crippen molar-refractivity contribution < 1.29 is 0 Å². The highest BCUT2D eigenvalue weighted by Gasteiger charge is 2.14. The van der Waals surface area contributed by atoms with Crippen LogP contribution in [-0.4, -0.2) is 10.8 Å². The Labute approximate surface area is 82.7 Å². The number of amidine groups is 1. The number of hydrogen-bond acceptors (Lipinski definition) is 3. The van der Waals surface area contributed by atoms with Crippen molar-refractivity contribution in [2.45, 2.75) is 27.3 Å². The number of nitrogens with zero attached hydrogens (tertiary/aromatic N) is 2. The summed E-state index contributed by atoms with van der Waals surface area (Å²) in [7, 11) is 0. The van der Waals surface area contributed by atoms with Crippen LogP contribution >= 0.6 is 11.3 Å². The van der Waals surface area contributed by atoms with Crippen LogP contribution in [0, 0.1) is 5.41 Å². The zero-order valence-electron chi connectivity index (χ0n) is 8.24. The summed E-state index contributed by atoms with van der Waals surface area (Å²) in [5.41, 5.74) is 8.53. The fraction of sp³-hybridized carbons (Fsp3) is 0.556. The van der Waals surface area contributed by atoms with Crippen molar-refractivity contribution >= 4 is 17.2 Å². The normalized spacial score (nSPS) is 13.3. The summed E-state index contributed by atoms with van der Waals surface area (Å²) < 4.78 is 0. The van der Waals surface area contributed by atoms with Crippen molar-refractivity contribution in [1.82, 2.24) is 4.98 Å². The molecule has 0 saturated carbocycles. The molecule has 1 rings (SSSR count). The Hall–Kier alpha value is -0.900. The molecule has 0 saturated heterocycles. The van der Waals surface area contributed by atoms with E-state index in [0.717, 1.165) is 5.69 Å². The van der Waals surface area contributed by atoms with E-state index in [2.05, 4.69) is 9.98 Å². The summed E-state index contributed by atoms with van der Waals surface area (Å²) in [6.07, 6.45) is 0. The Balaban J connectivity index is 2.59. The van der Waals surface area contributed by atoms with E-state index in [4.69, 9.17) is 5.73 Å². The summed E-state index contributed by atoms with van der Waals surface area (Å²) in [6, 6.07) is 0. The van der Waals surface area contributed by atoms with Crippen LogP contribution in [0.25, 0.3) is 0 Å². The lowest BCUT2D eigenvalue weighted by molar-refractivity contribution is 0.581. The molecule has 0 unspecified atom stereocenters. The zero-order chi connectivity index (χ0) is 9.90. The summed E-state index contributed by atoms with van der Waals surface area (Å²) in [6.45, 7) is 6.74. The molecule has 72 valence electrons. The monoisotopic (exact) mass is 197 g/mol. The van der Waals surface area contributed by atoms with Crippen LogP contribution in [0.2, 0.25) is 0 Å². The molecule has 13 heavy (non-hydrogen) atoms. The molecule has 0 amide bonds. The minimum absolute atomic E-state index is 0.0456. The van der Waals surface area contributed by atoms with Crippen LogP contribution in [-0.2, 0) is 6.54 Å². The Kier molecular flexibility index (Phi) is 3.03. The minimum Gasteiger partial charge on any atom is -0.387 e. The van der Waals surface area contributed by atoms with Crippen LogP contribution in [0.4, 0.5) is 0 Å². The van der Waals surface area contributed by atoms with Gasteiger partial charge in [0.25, 0.3) is 0 Å². The topological polar surface area (TPSA) is 51.3 Å². The first-order chi connectivity index (χ1) is 6.00. The molecular weight excluding hydrogens is 182 g/mol. The third-order valence-corrected chi connectivity index (χ3v) is 2.30. The summed E-state index contributed by atoms with van der Waals surface area (Å²) in [4.78, 5) is 8.40. The smallest absolute Gasteiger partial charge is 0.0996 e. The SMILES string of the molecule is CC(C)(C)C(N)=NCc1cscn1. The van der Waals surface area contributed by atoms with Crippen LogP contribution in [0.3, 0.4) is 0 Å². The molecule has 1 aromatic rings. The summed E-state index contributed by atoms with van der Waals surface area (Å²) >= 11 is 1.58. The summed E-state index contributed by atoms with van der Waals surface area (Å²) in [5, 5.41) is 1.99. The molecule has 0 bridgehead atoms. The maximum atomic E-state index is 5.79.